The highest BCUT2D eigenvalue weighted by molar-refractivity contribution is 7.87. The molecule has 1 fully saturated rings. The number of alkyl halides is 1. The molecule has 0 bridgehead atoms. The molecule has 1 aliphatic rings. The van der Waals surface area contributed by atoms with E-state index in [1.54, 1.807) is 7.11 Å². The molecule has 8 heteroatoms. The summed E-state index contributed by atoms with van der Waals surface area (Å²) in [4.78, 5) is 0. The highest BCUT2D eigenvalue weighted by Gasteiger charge is 2.27. The third-order valence-electron chi connectivity index (χ3n) is 3.31. The summed E-state index contributed by atoms with van der Waals surface area (Å²) in [5.74, 6) is 1.02. The molecule has 114 valence electrons. The first-order valence-corrected chi connectivity index (χ1v) is 8.33. The van der Waals surface area contributed by atoms with Gasteiger partial charge in [-0.25, -0.2) is 0 Å². The monoisotopic (exact) mass is 314 g/mol. The Hall–Kier alpha value is 0.0800. The van der Waals surface area contributed by atoms with Crippen LogP contribution >= 0.6 is 11.6 Å². The van der Waals surface area contributed by atoms with Crippen LogP contribution < -0.4 is 4.72 Å². The van der Waals surface area contributed by atoms with Crippen molar-refractivity contribution in [1.29, 1.82) is 0 Å². The van der Waals surface area contributed by atoms with E-state index < -0.39 is 10.2 Å². The Balaban J connectivity index is 2.43. The molecule has 6 nitrogen and oxygen atoms in total. The van der Waals surface area contributed by atoms with Gasteiger partial charge in [-0.2, -0.15) is 17.4 Å². The lowest BCUT2D eigenvalue weighted by Gasteiger charge is -2.30. The quantitative estimate of drug-likeness (QED) is 0.660. The summed E-state index contributed by atoms with van der Waals surface area (Å²) < 4.78 is 38.3. The molecular formula is C11H23ClN2O4S. The van der Waals surface area contributed by atoms with Crippen molar-refractivity contribution in [2.24, 2.45) is 5.92 Å². The van der Waals surface area contributed by atoms with Crippen molar-refractivity contribution in [3.05, 3.63) is 0 Å². The first-order valence-electron chi connectivity index (χ1n) is 6.36. The fraction of sp³-hybridized carbons (Fsp3) is 1.00. The molecule has 1 N–H and O–H groups in total. The van der Waals surface area contributed by atoms with E-state index >= 15 is 0 Å². The van der Waals surface area contributed by atoms with Gasteiger partial charge in [0.25, 0.3) is 10.2 Å². The van der Waals surface area contributed by atoms with Crippen molar-refractivity contribution in [3.8, 4) is 0 Å². The Morgan fingerprint density at radius 2 is 2.00 bits per heavy atom. The van der Waals surface area contributed by atoms with Crippen LogP contribution in [-0.2, 0) is 19.7 Å². The molecule has 0 aromatic carbocycles. The predicted octanol–water partition coefficient (Wildman–Crippen LogP) is 0.433. The van der Waals surface area contributed by atoms with Crippen LogP contribution in [0.1, 0.15) is 12.8 Å². The zero-order valence-corrected chi connectivity index (χ0v) is 13.0. The summed E-state index contributed by atoms with van der Waals surface area (Å²) in [6.45, 7) is 1.61. The molecular weight excluding hydrogens is 292 g/mol. The van der Waals surface area contributed by atoms with Crippen LogP contribution in [0.25, 0.3) is 0 Å². The number of hydrogen-bond acceptors (Lipinski definition) is 4. The molecule has 1 rings (SSSR count). The zero-order valence-electron chi connectivity index (χ0n) is 11.5. The Morgan fingerprint density at radius 3 is 2.47 bits per heavy atom. The van der Waals surface area contributed by atoms with Crippen LogP contribution in [0, 0.1) is 5.92 Å². The van der Waals surface area contributed by atoms with Gasteiger partial charge in [0.15, 0.2) is 0 Å². The lowest BCUT2D eigenvalue weighted by Crippen LogP contribution is -2.47. The Bertz CT molecular complexity index is 345. The molecule has 1 unspecified atom stereocenters. The molecule has 19 heavy (non-hydrogen) atoms. The summed E-state index contributed by atoms with van der Waals surface area (Å²) in [7, 11) is -0.349. The molecule has 0 aliphatic carbocycles. The molecule has 0 radical (unpaired) electrons. The number of halogens is 1. The topological polar surface area (TPSA) is 67.9 Å². The summed E-state index contributed by atoms with van der Waals surface area (Å²) in [6, 6.07) is 0. The standard InChI is InChI=1S/C11H23ClN2O4S/c1-17-9-11(18-2)8-13-19(15,16)14-5-3-10(7-12)4-6-14/h10-11,13H,3-9H2,1-2H3. The van der Waals surface area contributed by atoms with Gasteiger partial charge >= 0.3 is 0 Å². The van der Waals surface area contributed by atoms with Crippen molar-refractivity contribution >= 4 is 21.8 Å². The number of ether oxygens (including phenoxy) is 2. The average molecular weight is 315 g/mol. The van der Waals surface area contributed by atoms with Gasteiger partial charge in [0.05, 0.1) is 12.7 Å². The van der Waals surface area contributed by atoms with E-state index in [4.69, 9.17) is 21.1 Å². The van der Waals surface area contributed by atoms with Crippen LogP contribution in [0.3, 0.4) is 0 Å². The summed E-state index contributed by atoms with van der Waals surface area (Å²) in [6.07, 6.45) is 1.35. The van der Waals surface area contributed by atoms with Crippen molar-refractivity contribution in [2.45, 2.75) is 18.9 Å². The maximum absolute atomic E-state index is 12.1. The van der Waals surface area contributed by atoms with Gasteiger partial charge in [0.1, 0.15) is 0 Å². The SMILES string of the molecule is COCC(CNS(=O)(=O)N1CCC(CCl)CC1)OC. The van der Waals surface area contributed by atoms with Gasteiger partial charge in [0.2, 0.25) is 0 Å². The maximum atomic E-state index is 12.1. The molecule has 0 aromatic rings. The summed E-state index contributed by atoms with van der Waals surface area (Å²) in [5.41, 5.74) is 0. The van der Waals surface area contributed by atoms with Crippen molar-refractivity contribution < 1.29 is 17.9 Å². The van der Waals surface area contributed by atoms with Gasteiger partial charge in [-0.3, -0.25) is 0 Å². The molecule has 1 atom stereocenters. The molecule has 0 spiro atoms. The smallest absolute Gasteiger partial charge is 0.279 e. The molecule has 0 amide bonds. The van der Waals surface area contributed by atoms with E-state index in [0.29, 0.717) is 31.5 Å². The number of piperidine rings is 1. The van der Waals surface area contributed by atoms with Crippen molar-refractivity contribution in [3.63, 3.8) is 0 Å². The highest BCUT2D eigenvalue weighted by Crippen LogP contribution is 2.19. The molecule has 1 saturated heterocycles. The first-order chi connectivity index (χ1) is 9.03. The molecule has 1 heterocycles. The number of nitrogens with one attached hydrogen (secondary N) is 1. The van der Waals surface area contributed by atoms with Crippen molar-refractivity contribution in [2.75, 3.05) is 46.3 Å². The van der Waals surface area contributed by atoms with Crippen molar-refractivity contribution in [1.82, 2.24) is 9.03 Å². The first kappa shape index (κ1) is 17.1. The van der Waals surface area contributed by atoms with Gasteiger partial charge in [0, 0.05) is 39.7 Å². The second kappa shape index (κ2) is 8.39. The number of nitrogens with zero attached hydrogens (tertiary/aromatic N) is 1. The number of methoxy groups -OCH3 is 2. The van der Waals surface area contributed by atoms with E-state index in [-0.39, 0.29) is 12.6 Å². The van der Waals surface area contributed by atoms with Gasteiger partial charge in [-0.05, 0) is 18.8 Å². The number of hydrogen-bond donors (Lipinski definition) is 1. The fourth-order valence-corrected chi connectivity index (χ4v) is 3.57. The maximum Gasteiger partial charge on any atom is 0.279 e. The second-order valence-corrected chi connectivity index (χ2v) is 6.73. The Morgan fingerprint density at radius 1 is 1.37 bits per heavy atom. The van der Waals surface area contributed by atoms with E-state index in [1.807, 2.05) is 0 Å². The lowest BCUT2D eigenvalue weighted by molar-refractivity contribution is 0.0317. The van der Waals surface area contributed by atoms with Crippen LogP contribution in [-0.4, -0.2) is 65.2 Å². The molecule has 0 saturated carbocycles. The van der Waals surface area contributed by atoms with E-state index in [0.717, 1.165) is 12.8 Å². The number of rotatable bonds is 8. The van der Waals surface area contributed by atoms with E-state index in [2.05, 4.69) is 4.72 Å². The summed E-state index contributed by atoms with van der Waals surface area (Å²) in [5, 5.41) is 0. The minimum absolute atomic E-state index is 0.210. The molecule has 0 aromatic heterocycles. The lowest BCUT2D eigenvalue weighted by atomic mass is 10.0. The van der Waals surface area contributed by atoms with Crippen LogP contribution in [0.15, 0.2) is 0 Å². The second-order valence-electron chi connectivity index (χ2n) is 4.66. The highest BCUT2D eigenvalue weighted by atomic mass is 35.5. The van der Waals surface area contributed by atoms with E-state index in [1.165, 1.54) is 11.4 Å². The van der Waals surface area contributed by atoms with Crippen LogP contribution in [0.4, 0.5) is 0 Å². The fourth-order valence-electron chi connectivity index (χ4n) is 1.99. The Labute approximate surface area is 120 Å². The molecule has 1 aliphatic heterocycles. The zero-order chi connectivity index (χ0) is 14.3. The minimum Gasteiger partial charge on any atom is -0.382 e. The third-order valence-corrected chi connectivity index (χ3v) is 5.32. The van der Waals surface area contributed by atoms with Crippen LogP contribution in [0.5, 0.6) is 0 Å². The normalized spacial score (nSPS) is 20.6. The van der Waals surface area contributed by atoms with Gasteiger partial charge in [-0.15, -0.1) is 11.6 Å². The van der Waals surface area contributed by atoms with Gasteiger partial charge < -0.3 is 9.47 Å². The van der Waals surface area contributed by atoms with Crippen LogP contribution in [0.2, 0.25) is 0 Å². The largest absolute Gasteiger partial charge is 0.382 e. The third kappa shape index (κ3) is 5.53. The average Bonchev–Trinajstić information content (AvgIpc) is 2.43. The predicted molar refractivity (Wildman–Crippen MR) is 74.6 cm³/mol. The Kier molecular flexibility index (Phi) is 7.56. The van der Waals surface area contributed by atoms with Gasteiger partial charge in [-0.1, -0.05) is 0 Å². The summed E-state index contributed by atoms with van der Waals surface area (Å²) >= 11 is 5.78. The minimum atomic E-state index is -3.43. The van der Waals surface area contributed by atoms with E-state index in [9.17, 15) is 8.42 Å².